The van der Waals surface area contributed by atoms with Gasteiger partial charge in [0.05, 0.1) is 17.3 Å². The molecule has 8 heteroatoms. The molecule has 0 aliphatic rings. The molecule has 0 fully saturated rings. The lowest BCUT2D eigenvalue weighted by Gasteiger charge is -2.09. The van der Waals surface area contributed by atoms with Gasteiger partial charge >= 0.3 is 13.3 Å². The number of nitrogens with zero attached hydrogens (tertiary/aromatic N) is 1. The number of nitrogens with one attached hydrogen (secondary N) is 1. The molecule has 0 saturated carbocycles. The van der Waals surface area contributed by atoms with Gasteiger partial charge in [-0.05, 0) is 17.6 Å². The summed E-state index contributed by atoms with van der Waals surface area (Å²) in [4.78, 5) is 0. The van der Waals surface area contributed by atoms with Crippen LogP contribution in [0.15, 0.2) is 18.3 Å². The molecule has 16 heavy (non-hydrogen) atoms. The van der Waals surface area contributed by atoms with E-state index in [2.05, 4.69) is 10.2 Å². The maximum Gasteiger partial charge on any atom is 0.489 e. The molecule has 0 aliphatic heterocycles. The van der Waals surface area contributed by atoms with E-state index in [9.17, 15) is 13.2 Å². The van der Waals surface area contributed by atoms with Gasteiger partial charge in [0.1, 0.15) is 0 Å². The molecule has 4 nitrogen and oxygen atoms in total. The number of H-pyrrole nitrogens is 1. The molecule has 84 valence electrons. The number of hydrogen-bond donors (Lipinski definition) is 3. The molecule has 2 rings (SSSR count). The van der Waals surface area contributed by atoms with Crippen molar-refractivity contribution in [1.29, 1.82) is 0 Å². The van der Waals surface area contributed by atoms with Crippen LogP contribution >= 0.6 is 0 Å². The van der Waals surface area contributed by atoms with Crippen molar-refractivity contribution in [1.82, 2.24) is 10.2 Å². The van der Waals surface area contributed by atoms with Gasteiger partial charge in [-0.1, -0.05) is 0 Å². The number of alkyl halides is 3. The Morgan fingerprint density at radius 3 is 2.50 bits per heavy atom. The SMILES string of the molecule is OB(O)c1cc(C(F)(F)F)cc2[nH]ncc12. The van der Waals surface area contributed by atoms with Crippen LogP contribution in [0.25, 0.3) is 10.9 Å². The van der Waals surface area contributed by atoms with E-state index in [1.807, 2.05) is 0 Å². The van der Waals surface area contributed by atoms with Crippen molar-refractivity contribution in [2.24, 2.45) is 0 Å². The highest BCUT2D eigenvalue weighted by molar-refractivity contribution is 6.61. The molecule has 0 radical (unpaired) electrons. The molecule has 0 atom stereocenters. The fourth-order valence-corrected chi connectivity index (χ4v) is 1.46. The molecule has 1 aromatic carbocycles. The molecule has 0 bridgehead atoms. The average Bonchev–Trinajstić information content (AvgIpc) is 2.61. The van der Waals surface area contributed by atoms with Crippen LogP contribution in [-0.2, 0) is 6.18 Å². The topological polar surface area (TPSA) is 69.1 Å². The highest BCUT2D eigenvalue weighted by Crippen LogP contribution is 2.30. The van der Waals surface area contributed by atoms with E-state index in [-0.39, 0.29) is 16.4 Å². The van der Waals surface area contributed by atoms with Gasteiger partial charge in [0.2, 0.25) is 0 Å². The molecule has 0 aliphatic carbocycles. The van der Waals surface area contributed by atoms with Crippen molar-refractivity contribution in [3.63, 3.8) is 0 Å². The van der Waals surface area contributed by atoms with E-state index in [0.29, 0.717) is 6.07 Å². The standard InChI is InChI=1S/C8H6BF3N2O2/c10-8(11,12)4-1-6(9(15)16)5-3-13-14-7(5)2-4/h1-3,15-16H,(H,13,14). The first kappa shape index (κ1) is 11.0. The van der Waals surface area contributed by atoms with E-state index in [0.717, 1.165) is 6.07 Å². The fraction of sp³-hybridized carbons (Fsp3) is 0.125. The molecule has 3 N–H and O–H groups in total. The smallest absolute Gasteiger partial charge is 0.423 e. The van der Waals surface area contributed by atoms with Crippen molar-refractivity contribution in [3.8, 4) is 0 Å². The molecular weight excluding hydrogens is 224 g/mol. The predicted octanol–water partition coefficient (Wildman–Crippen LogP) is 0.262. The monoisotopic (exact) mass is 230 g/mol. The number of rotatable bonds is 1. The lowest BCUT2D eigenvalue weighted by atomic mass is 9.77. The quantitative estimate of drug-likeness (QED) is 0.615. The van der Waals surface area contributed by atoms with E-state index in [1.54, 1.807) is 0 Å². The molecule has 0 unspecified atom stereocenters. The second-order valence-corrected chi connectivity index (χ2v) is 3.27. The third kappa shape index (κ3) is 1.77. The zero-order valence-corrected chi connectivity index (χ0v) is 7.78. The number of fused-ring (bicyclic) bond motifs is 1. The number of halogens is 3. The molecule has 2 aromatic rings. The Labute approximate surface area is 87.9 Å². The van der Waals surface area contributed by atoms with Crippen molar-refractivity contribution < 1.29 is 23.2 Å². The van der Waals surface area contributed by atoms with Gasteiger partial charge in [-0.2, -0.15) is 18.3 Å². The van der Waals surface area contributed by atoms with Crippen molar-refractivity contribution in [2.75, 3.05) is 0 Å². The Balaban J connectivity index is 2.71. The van der Waals surface area contributed by atoms with Crippen LogP contribution in [0, 0.1) is 0 Å². The zero-order chi connectivity index (χ0) is 11.9. The van der Waals surface area contributed by atoms with Gasteiger partial charge in [0.15, 0.2) is 0 Å². The fourth-order valence-electron chi connectivity index (χ4n) is 1.46. The number of benzene rings is 1. The number of hydrogen-bond acceptors (Lipinski definition) is 3. The average molecular weight is 230 g/mol. The van der Waals surface area contributed by atoms with Crippen LogP contribution in [-0.4, -0.2) is 27.4 Å². The Morgan fingerprint density at radius 1 is 1.25 bits per heavy atom. The van der Waals surface area contributed by atoms with Gasteiger partial charge in [-0.25, -0.2) is 0 Å². The van der Waals surface area contributed by atoms with E-state index in [4.69, 9.17) is 10.0 Å². The van der Waals surface area contributed by atoms with E-state index in [1.165, 1.54) is 6.20 Å². The molecule has 1 heterocycles. The third-order valence-electron chi connectivity index (χ3n) is 2.20. The zero-order valence-electron chi connectivity index (χ0n) is 7.78. The summed E-state index contributed by atoms with van der Waals surface area (Å²) in [6.07, 6.45) is -3.30. The van der Waals surface area contributed by atoms with Crippen LogP contribution in [0.4, 0.5) is 13.2 Å². The predicted molar refractivity (Wildman–Crippen MR) is 50.9 cm³/mol. The van der Waals surface area contributed by atoms with Gasteiger partial charge in [-0.15, -0.1) is 0 Å². The van der Waals surface area contributed by atoms with Crippen molar-refractivity contribution in [2.45, 2.75) is 6.18 Å². The number of aromatic nitrogens is 2. The lowest BCUT2D eigenvalue weighted by molar-refractivity contribution is -0.137. The first-order valence-electron chi connectivity index (χ1n) is 4.30. The minimum absolute atomic E-state index is 0.109. The first-order valence-corrected chi connectivity index (χ1v) is 4.30. The normalized spacial score (nSPS) is 12.1. The Kier molecular flexibility index (Phi) is 2.40. The Hall–Kier alpha value is -1.54. The molecule has 0 saturated heterocycles. The summed E-state index contributed by atoms with van der Waals surface area (Å²) in [5.74, 6) is 0. The van der Waals surface area contributed by atoms with E-state index >= 15 is 0 Å². The van der Waals surface area contributed by atoms with Crippen LogP contribution in [0.5, 0.6) is 0 Å². The summed E-state index contributed by atoms with van der Waals surface area (Å²) in [5.41, 5.74) is -1.07. The summed E-state index contributed by atoms with van der Waals surface area (Å²) in [6, 6.07) is 1.57. The molecule has 0 spiro atoms. The minimum atomic E-state index is -4.54. The Bertz CT molecular complexity index is 523. The van der Waals surface area contributed by atoms with Gasteiger partial charge in [-0.3, -0.25) is 5.10 Å². The first-order chi connectivity index (χ1) is 7.39. The summed E-state index contributed by atoms with van der Waals surface area (Å²) in [5, 5.41) is 24.1. The summed E-state index contributed by atoms with van der Waals surface area (Å²) < 4.78 is 37.4. The van der Waals surface area contributed by atoms with Crippen LogP contribution in [0.1, 0.15) is 5.56 Å². The maximum absolute atomic E-state index is 12.5. The van der Waals surface area contributed by atoms with E-state index < -0.39 is 18.9 Å². The van der Waals surface area contributed by atoms with Crippen LogP contribution in [0.2, 0.25) is 0 Å². The highest BCUT2D eigenvalue weighted by atomic mass is 19.4. The van der Waals surface area contributed by atoms with Gasteiger partial charge in [0, 0.05) is 5.39 Å². The third-order valence-corrected chi connectivity index (χ3v) is 2.20. The minimum Gasteiger partial charge on any atom is -0.423 e. The van der Waals surface area contributed by atoms with Crippen molar-refractivity contribution >= 4 is 23.5 Å². The Morgan fingerprint density at radius 2 is 1.94 bits per heavy atom. The van der Waals surface area contributed by atoms with Gasteiger partial charge in [0.25, 0.3) is 0 Å². The lowest BCUT2D eigenvalue weighted by Crippen LogP contribution is -2.31. The van der Waals surface area contributed by atoms with Crippen LogP contribution < -0.4 is 5.46 Å². The second-order valence-electron chi connectivity index (χ2n) is 3.27. The molecule has 1 aromatic heterocycles. The summed E-state index contributed by atoms with van der Waals surface area (Å²) in [7, 11) is -1.97. The maximum atomic E-state index is 12.5. The largest absolute Gasteiger partial charge is 0.489 e. The summed E-state index contributed by atoms with van der Waals surface area (Å²) in [6.45, 7) is 0. The number of aromatic amines is 1. The van der Waals surface area contributed by atoms with Gasteiger partial charge < -0.3 is 10.0 Å². The molecular formula is C8H6BF3N2O2. The van der Waals surface area contributed by atoms with Crippen LogP contribution in [0.3, 0.4) is 0 Å². The highest BCUT2D eigenvalue weighted by Gasteiger charge is 2.32. The summed E-state index contributed by atoms with van der Waals surface area (Å²) >= 11 is 0. The second kappa shape index (κ2) is 3.50. The van der Waals surface area contributed by atoms with Crippen molar-refractivity contribution in [3.05, 3.63) is 23.9 Å². The molecule has 0 amide bonds.